The van der Waals surface area contributed by atoms with E-state index in [4.69, 9.17) is 5.11 Å². The van der Waals surface area contributed by atoms with Crippen LogP contribution >= 0.6 is 0 Å². The molecule has 0 spiro atoms. The van der Waals surface area contributed by atoms with Crippen molar-refractivity contribution in [1.29, 1.82) is 0 Å². The number of hydrogen-bond donors (Lipinski definition) is 3. The number of aliphatic carboxylic acids is 1. The van der Waals surface area contributed by atoms with E-state index in [1.807, 2.05) is 0 Å². The van der Waals surface area contributed by atoms with Crippen molar-refractivity contribution >= 4 is 11.9 Å². The van der Waals surface area contributed by atoms with Gasteiger partial charge >= 0.3 is 5.97 Å². The molecule has 1 aromatic rings. The van der Waals surface area contributed by atoms with Gasteiger partial charge in [0.05, 0.1) is 0 Å². The number of carbonyl (C=O) groups excluding carboxylic acids is 1. The van der Waals surface area contributed by atoms with Crippen LogP contribution in [0.3, 0.4) is 0 Å². The van der Waals surface area contributed by atoms with Crippen molar-refractivity contribution in [3.05, 3.63) is 35.6 Å². The minimum absolute atomic E-state index is 0.0748. The van der Waals surface area contributed by atoms with Crippen LogP contribution in [0.5, 0.6) is 0 Å². The molecule has 1 rings (SSSR count). The molecule has 0 saturated heterocycles. The van der Waals surface area contributed by atoms with Gasteiger partial charge in [-0.05, 0) is 17.7 Å². The van der Waals surface area contributed by atoms with Crippen LogP contribution in [0, 0.1) is 5.82 Å². The number of carboxylic acid groups (broad SMARTS) is 1. The summed E-state index contributed by atoms with van der Waals surface area (Å²) in [6.45, 7) is 1.66. The number of hydrogen-bond acceptors (Lipinski definition) is 3. The maximum atomic E-state index is 12.9. The molecule has 98 valence electrons. The summed E-state index contributed by atoms with van der Waals surface area (Å²) < 4.78 is 12.9. The summed E-state index contributed by atoms with van der Waals surface area (Å²) in [6.07, 6.45) is 0. The van der Waals surface area contributed by atoms with E-state index in [0.29, 0.717) is 12.1 Å². The molecule has 18 heavy (non-hydrogen) atoms. The molecule has 1 unspecified atom stereocenters. The highest BCUT2D eigenvalue weighted by Crippen LogP contribution is 2.02. The Labute approximate surface area is 104 Å². The Balaban J connectivity index is 2.43. The van der Waals surface area contributed by atoms with Gasteiger partial charge in [0.15, 0.2) is 0 Å². The van der Waals surface area contributed by atoms with Crippen LogP contribution in [0.1, 0.15) is 12.5 Å². The second-order valence-electron chi connectivity index (χ2n) is 3.85. The van der Waals surface area contributed by atoms with Crippen LogP contribution in [0.15, 0.2) is 24.3 Å². The van der Waals surface area contributed by atoms with Crippen molar-refractivity contribution in [3.8, 4) is 0 Å². The van der Waals surface area contributed by atoms with E-state index >= 15 is 0 Å². The summed E-state index contributed by atoms with van der Waals surface area (Å²) in [4.78, 5) is 21.6. The molecule has 0 fully saturated rings. The van der Waals surface area contributed by atoms with Crippen LogP contribution < -0.4 is 10.6 Å². The van der Waals surface area contributed by atoms with Gasteiger partial charge in [0.1, 0.15) is 11.9 Å². The van der Waals surface area contributed by atoms with Crippen molar-refractivity contribution < 1.29 is 19.1 Å². The lowest BCUT2D eigenvalue weighted by atomic mass is 10.2. The summed E-state index contributed by atoms with van der Waals surface area (Å²) in [5, 5.41) is 14.0. The molecule has 0 aliphatic heterocycles. The Morgan fingerprint density at radius 3 is 2.72 bits per heavy atom. The van der Waals surface area contributed by atoms with E-state index in [1.54, 1.807) is 12.1 Å². The summed E-state index contributed by atoms with van der Waals surface area (Å²) in [6, 6.07) is 5.01. The average Bonchev–Trinajstić information content (AvgIpc) is 2.27. The first-order chi connectivity index (χ1) is 8.49. The van der Waals surface area contributed by atoms with E-state index < -0.39 is 17.9 Å². The molecule has 0 bridgehead atoms. The number of carbonyl (C=O) groups is 2. The van der Waals surface area contributed by atoms with Crippen LogP contribution in [-0.4, -0.2) is 29.6 Å². The fraction of sp³-hybridized carbons (Fsp3) is 0.333. The number of carboxylic acids is 1. The number of halogens is 1. The second kappa shape index (κ2) is 6.70. The SMILES string of the molecule is CC(=O)NC(CNCc1cccc(F)c1)C(=O)O. The first-order valence-electron chi connectivity index (χ1n) is 5.44. The Hall–Kier alpha value is -1.95. The molecule has 0 saturated carbocycles. The number of benzene rings is 1. The van der Waals surface area contributed by atoms with Gasteiger partial charge in [-0.15, -0.1) is 0 Å². The fourth-order valence-corrected chi connectivity index (χ4v) is 1.45. The summed E-state index contributed by atoms with van der Waals surface area (Å²) in [5.74, 6) is -1.86. The third-order valence-electron chi connectivity index (χ3n) is 2.24. The number of rotatable bonds is 6. The molecule has 5 nitrogen and oxygen atoms in total. The van der Waals surface area contributed by atoms with Gasteiger partial charge < -0.3 is 15.7 Å². The lowest BCUT2D eigenvalue weighted by Crippen LogP contribution is -2.46. The highest BCUT2D eigenvalue weighted by molar-refractivity contribution is 5.82. The second-order valence-corrected chi connectivity index (χ2v) is 3.85. The maximum absolute atomic E-state index is 12.9. The van der Waals surface area contributed by atoms with Crippen LogP contribution in [0.25, 0.3) is 0 Å². The van der Waals surface area contributed by atoms with E-state index in [0.717, 1.165) is 0 Å². The van der Waals surface area contributed by atoms with Crippen LogP contribution in [0.4, 0.5) is 4.39 Å². The lowest BCUT2D eigenvalue weighted by Gasteiger charge is -2.14. The van der Waals surface area contributed by atoms with Crippen molar-refractivity contribution in [1.82, 2.24) is 10.6 Å². The minimum Gasteiger partial charge on any atom is -0.480 e. The van der Waals surface area contributed by atoms with Crippen molar-refractivity contribution in [3.63, 3.8) is 0 Å². The monoisotopic (exact) mass is 254 g/mol. The van der Waals surface area contributed by atoms with Gasteiger partial charge in [0.2, 0.25) is 5.91 Å². The largest absolute Gasteiger partial charge is 0.480 e. The summed E-state index contributed by atoms with van der Waals surface area (Å²) >= 11 is 0. The molecular formula is C12H15FN2O3. The van der Waals surface area contributed by atoms with Crippen molar-refractivity contribution in [2.24, 2.45) is 0 Å². The zero-order chi connectivity index (χ0) is 13.5. The molecule has 1 aromatic carbocycles. The summed E-state index contributed by atoms with van der Waals surface area (Å²) in [5.41, 5.74) is 0.710. The lowest BCUT2D eigenvalue weighted by molar-refractivity contribution is -0.141. The van der Waals surface area contributed by atoms with Gasteiger partial charge in [-0.25, -0.2) is 9.18 Å². The first kappa shape index (κ1) is 14.1. The normalized spacial score (nSPS) is 11.9. The first-order valence-corrected chi connectivity index (χ1v) is 5.44. The smallest absolute Gasteiger partial charge is 0.327 e. The van der Waals surface area contributed by atoms with Gasteiger partial charge in [0.25, 0.3) is 0 Å². The van der Waals surface area contributed by atoms with Crippen molar-refractivity contribution in [2.45, 2.75) is 19.5 Å². The fourth-order valence-electron chi connectivity index (χ4n) is 1.45. The Bertz CT molecular complexity index is 437. The molecule has 3 N–H and O–H groups in total. The third-order valence-corrected chi connectivity index (χ3v) is 2.24. The van der Waals surface area contributed by atoms with E-state index in [2.05, 4.69) is 10.6 Å². The Kier molecular flexibility index (Phi) is 5.26. The molecule has 1 atom stereocenters. The van der Waals surface area contributed by atoms with Gasteiger partial charge in [-0.3, -0.25) is 4.79 Å². The molecule has 0 radical (unpaired) electrons. The molecule has 6 heteroatoms. The Morgan fingerprint density at radius 1 is 1.44 bits per heavy atom. The molecule has 0 aliphatic carbocycles. The summed E-state index contributed by atoms with van der Waals surface area (Å²) in [7, 11) is 0. The van der Waals surface area contributed by atoms with E-state index in [9.17, 15) is 14.0 Å². The van der Waals surface area contributed by atoms with E-state index in [1.165, 1.54) is 19.1 Å². The van der Waals surface area contributed by atoms with Gasteiger partial charge in [0, 0.05) is 20.0 Å². The standard InChI is InChI=1S/C12H15FN2O3/c1-8(16)15-11(12(17)18)7-14-6-9-3-2-4-10(13)5-9/h2-5,11,14H,6-7H2,1H3,(H,15,16)(H,17,18). The molecular weight excluding hydrogens is 239 g/mol. The van der Waals surface area contributed by atoms with Crippen LogP contribution in [-0.2, 0) is 16.1 Å². The maximum Gasteiger partial charge on any atom is 0.327 e. The average molecular weight is 254 g/mol. The highest BCUT2D eigenvalue weighted by atomic mass is 19.1. The molecule has 0 heterocycles. The topological polar surface area (TPSA) is 78.4 Å². The van der Waals surface area contributed by atoms with Gasteiger partial charge in [-0.2, -0.15) is 0 Å². The zero-order valence-electron chi connectivity index (χ0n) is 9.94. The van der Waals surface area contributed by atoms with Crippen molar-refractivity contribution in [2.75, 3.05) is 6.54 Å². The van der Waals surface area contributed by atoms with E-state index in [-0.39, 0.29) is 12.4 Å². The minimum atomic E-state index is -1.11. The zero-order valence-corrected chi connectivity index (χ0v) is 9.94. The number of nitrogens with one attached hydrogen (secondary N) is 2. The van der Waals surface area contributed by atoms with Crippen LogP contribution in [0.2, 0.25) is 0 Å². The quantitative estimate of drug-likeness (QED) is 0.691. The molecule has 0 aromatic heterocycles. The molecule has 1 amide bonds. The highest BCUT2D eigenvalue weighted by Gasteiger charge is 2.17. The van der Waals surface area contributed by atoms with Gasteiger partial charge in [-0.1, -0.05) is 12.1 Å². The third kappa shape index (κ3) is 4.92. The Morgan fingerprint density at radius 2 is 2.17 bits per heavy atom. The predicted molar refractivity (Wildman–Crippen MR) is 63.3 cm³/mol. The molecule has 0 aliphatic rings. The number of amides is 1. The predicted octanol–water partition coefficient (Wildman–Crippen LogP) is 0.505.